The highest BCUT2D eigenvalue weighted by molar-refractivity contribution is 6.32. The molecule has 24 heteroatoms. The monoisotopic (exact) mass is 1690 g/mol. The second-order valence-electron chi connectivity index (χ2n) is 28.9. The topological polar surface area (TPSA) is 200 Å². The van der Waals surface area contributed by atoms with Crippen molar-refractivity contribution in [2.75, 3.05) is 59.5 Å². The number of nitrogens with zero attached hydrogens (tertiary/aromatic N) is 4. The minimum atomic E-state index is -0.381. The Kier molecular flexibility index (Phi) is 24.9. The van der Waals surface area contributed by atoms with Crippen molar-refractivity contribution in [3.8, 4) is 35.3 Å². The van der Waals surface area contributed by atoms with Gasteiger partial charge in [0.15, 0.2) is 0 Å². The predicted octanol–water partition coefficient (Wildman–Crippen LogP) is 23.3. The van der Waals surface area contributed by atoms with Gasteiger partial charge in [-0.1, -0.05) is 148 Å². The van der Waals surface area contributed by atoms with Gasteiger partial charge < -0.3 is 48.4 Å². The minimum absolute atomic E-state index is 0.175. The number of halogens is 6. The number of benzene rings is 10. The van der Waals surface area contributed by atoms with E-state index >= 15 is 0 Å². The number of terminal acetylenes is 1. The summed E-state index contributed by atoms with van der Waals surface area (Å²) >= 11 is 36.7. The van der Waals surface area contributed by atoms with E-state index in [-0.39, 0.29) is 61.0 Å². The summed E-state index contributed by atoms with van der Waals surface area (Å²) in [5, 5.41) is 7.83. The molecule has 18 rings (SSSR count). The molecule has 0 aliphatic carbocycles. The summed E-state index contributed by atoms with van der Waals surface area (Å²) in [5.41, 5.74) is 19.6. The van der Waals surface area contributed by atoms with Crippen LogP contribution in [0.5, 0.6) is 23.0 Å². The van der Waals surface area contributed by atoms with Crippen LogP contribution >= 0.6 is 69.6 Å². The summed E-state index contributed by atoms with van der Waals surface area (Å²) in [5.74, 6) is 5.48. The Bertz CT molecular complexity index is 5860. The number of aromatic nitrogens is 4. The number of methoxy groups -OCH3 is 2. The molecule has 0 saturated carbocycles. The molecule has 4 amide bonds. The van der Waals surface area contributed by atoms with Gasteiger partial charge in [0.2, 0.25) is 0 Å². The summed E-state index contributed by atoms with van der Waals surface area (Å²) < 4.78 is 32.7. The Hall–Kier alpha value is -11.7. The van der Waals surface area contributed by atoms with E-state index in [2.05, 4.69) is 25.9 Å². The van der Waals surface area contributed by atoms with Crippen molar-refractivity contribution < 1.29 is 47.6 Å². The molecular weight excluding hydrogens is 1610 g/mol. The Labute approximate surface area is 712 Å². The van der Waals surface area contributed by atoms with Gasteiger partial charge in [-0.3, -0.25) is 19.6 Å². The molecule has 18 nitrogen and oxygen atoms in total. The maximum atomic E-state index is 13.3. The van der Waals surface area contributed by atoms with Crippen molar-refractivity contribution in [3.05, 3.63) is 327 Å². The Morgan fingerprint density at radius 2 is 0.661 bits per heavy atom. The highest BCUT2D eigenvalue weighted by atomic mass is 35.5. The fourth-order valence-electron chi connectivity index (χ4n) is 16.1. The van der Waals surface area contributed by atoms with Crippen LogP contribution in [0.25, 0.3) is 43.6 Å². The largest absolute Gasteiger partial charge is 0.497 e. The van der Waals surface area contributed by atoms with Crippen LogP contribution in [0, 0.1) is 26.2 Å². The molecule has 4 N–H and O–H groups in total. The zero-order chi connectivity index (χ0) is 82.4. The fourth-order valence-corrected chi connectivity index (χ4v) is 17.0. The van der Waals surface area contributed by atoms with E-state index in [0.29, 0.717) is 88.7 Å². The number of hydrogen-bond acceptors (Lipinski definition) is 10. The minimum Gasteiger partial charge on any atom is -0.497 e. The number of aryl methyl sites for hydroxylation is 2. The molecule has 118 heavy (non-hydrogen) atoms. The van der Waals surface area contributed by atoms with Gasteiger partial charge in [-0.15, -0.1) is 18.0 Å². The summed E-state index contributed by atoms with van der Waals surface area (Å²) in [4.78, 5) is 73.0. The van der Waals surface area contributed by atoms with Crippen molar-refractivity contribution in [1.29, 1.82) is 0 Å². The lowest BCUT2D eigenvalue weighted by atomic mass is 9.92. The smallest absolute Gasteiger partial charge is 0.416 e. The first-order valence-corrected chi connectivity index (χ1v) is 41.0. The van der Waals surface area contributed by atoms with Gasteiger partial charge in [0.1, 0.15) is 53.8 Å². The number of rotatable bonds is 11. The lowest BCUT2D eigenvalue weighted by molar-refractivity contribution is 0.0927. The third-order valence-electron chi connectivity index (χ3n) is 21.8. The maximum Gasteiger partial charge on any atom is 0.416 e. The molecule has 600 valence electrons. The van der Waals surface area contributed by atoms with E-state index < -0.39 is 0 Å². The third kappa shape index (κ3) is 17.4. The first-order valence-electron chi connectivity index (χ1n) is 38.6. The number of aromatic amines is 4. The van der Waals surface area contributed by atoms with Gasteiger partial charge in [-0.2, -0.15) is 0 Å². The molecule has 0 saturated heterocycles. The number of ether oxygens (including phenoxy) is 6. The summed E-state index contributed by atoms with van der Waals surface area (Å²) in [6, 6.07) is 67.9. The number of carbonyl (C=O) groups is 4. The van der Waals surface area contributed by atoms with Crippen LogP contribution in [0.15, 0.2) is 218 Å². The second kappa shape index (κ2) is 36.1. The molecule has 4 unspecified atom stereocenters. The van der Waals surface area contributed by atoms with Crippen LogP contribution in [0.2, 0.25) is 25.1 Å². The molecule has 0 bridgehead atoms. The molecule has 10 aromatic carbocycles. The second-order valence-corrected chi connectivity index (χ2v) is 31.5. The quantitative estimate of drug-likeness (QED) is 0.0713. The molecule has 0 radical (unpaired) electrons. The lowest BCUT2D eigenvalue weighted by Gasteiger charge is -2.35. The molecule has 4 aliphatic heterocycles. The Morgan fingerprint density at radius 1 is 0.381 bits per heavy atom. The van der Waals surface area contributed by atoms with Gasteiger partial charge in [0.05, 0.1) is 26.7 Å². The van der Waals surface area contributed by atoms with E-state index in [1.165, 1.54) is 22.3 Å². The van der Waals surface area contributed by atoms with Gasteiger partial charge >= 0.3 is 24.4 Å². The lowest BCUT2D eigenvalue weighted by Crippen LogP contribution is -2.42. The van der Waals surface area contributed by atoms with Crippen molar-refractivity contribution in [2.45, 2.75) is 70.6 Å². The van der Waals surface area contributed by atoms with E-state index in [1.54, 1.807) is 33.8 Å². The van der Waals surface area contributed by atoms with Gasteiger partial charge in [0, 0.05) is 123 Å². The van der Waals surface area contributed by atoms with Crippen LogP contribution < -0.4 is 18.9 Å². The molecular formula is C94H82Cl6N8O10. The zero-order valence-electron chi connectivity index (χ0n) is 65.1. The van der Waals surface area contributed by atoms with E-state index in [1.807, 2.05) is 239 Å². The van der Waals surface area contributed by atoms with Crippen LogP contribution in [0.1, 0.15) is 115 Å². The first kappa shape index (κ1) is 81.5. The highest BCUT2D eigenvalue weighted by Crippen LogP contribution is 2.45. The molecule has 0 spiro atoms. The fraction of sp³-hybridized carbons (Fsp3) is 0.213. The third-order valence-corrected chi connectivity index (χ3v) is 23.1. The van der Waals surface area contributed by atoms with Gasteiger partial charge in [0.25, 0.3) is 0 Å². The average Bonchev–Trinajstić information content (AvgIpc) is 1.60. The summed E-state index contributed by atoms with van der Waals surface area (Å²) in [6.07, 6.45) is 6.93. The Morgan fingerprint density at radius 3 is 0.958 bits per heavy atom. The first-order chi connectivity index (χ1) is 57.3. The molecule has 8 heterocycles. The molecule has 4 atom stereocenters. The standard InChI is InChI=1S/2C26H23ClN2O3.C22H18Cl2N2O2.C20H18Cl2N2O2/c2*1-16-3-8-20(9-4-16)32-26(30)29-14-13-21-22-15-18(27)7-12-23(22)28-24(21)25(29)17-5-10-19(31-2)11-6-17;1-2-14-3-5-15(6-4-14)21-20-17(9-11-26(21)22(27)28-12-10-23)18-13-16(24)7-8-19(18)25-20;1-2-26-20(25)24-10-9-15-16-11-14(22)7-8-17(16)23-18(15)19(24)12-3-5-13(21)6-4-12/h2*3-12,15,25,28H,13-14H2,1-2H3;1,3-8,13,21,25H,9-12H2;3-8,11,19,23H,2,9-10H2,1H3. The maximum absolute atomic E-state index is 13.3. The predicted molar refractivity (Wildman–Crippen MR) is 468 cm³/mol. The SMILES string of the molecule is C#Cc1ccc(C2c3[nH]c4ccc(Cl)cc4c3CCN2C(=O)OCCCl)cc1.CCOC(=O)N1CCc2c([nH]c3ccc(Cl)cc23)C1c1ccc(Cl)cc1.COc1ccc(C2c3[nH]c4ccc(Cl)cc4c3CCN2C(=O)Oc2ccc(C)cc2)cc1.COc1ccc(C2c3[nH]c4ccc(Cl)cc4c3CCN2C(=O)Oc2ccc(C)cc2)cc1. The van der Waals surface area contributed by atoms with Gasteiger partial charge in [-0.25, -0.2) is 19.2 Å². The van der Waals surface area contributed by atoms with Crippen LogP contribution in [-0.2, 0) is 35.2 Å². The number of alkyl halides is 1. The highest BCUT2D eigenvalue weighted by Gasteiger charge is 2.41. The molecule has 4 aromatic heterocycles. The molecule has 4 aliphatic rings. The molecule has 14 aromatic rings. The van der Waals surface area contributed by atoms with E-state index in [0.717, 1.165) is 123 Å². The summed E-state index contributed by atoms with van der Waals surface area (Å²) in [7, 11) is 3.28. The number of fused-ring (bicyclic) bond motifs is 12. The van der Waals surface area contributed by atoms with Crippen LogP contribution in [0.4, 0.5) is 19.2 Å². The van der Waals surface area contributed by atoms with Crippen molar-refractivity contribution >= 4 is 138 Å². The van der Waals surface area contributed by atoms with Crippen molar-refractivity contribution in [2.24, 2.45) is 0 Å². The van der Waals surface area contributed by atoms with Crippen molar-refractivity contribution in [3.63, 3.8) is 0 Å². The summed E-state index contributed by atoms with van der Waals surface area (Å²) in [6.45, 7) is 8.52. The van der Waals surface area contributed by atoms with E-state index in [4.69, 9.17) is 104 Å². The average molecular weight is 1700 g/mol. The van der Waals surface area contributed by atoms with Crippen LogP contribution in [-0.4, -0.2) is 123 Å². The number of nitrogens with one attached hydrogen (secondary N) is 4. The zero-order valence-corrected chi connectivity index (χ0v) is 69.6. The normalized spacial score (nSPS) is 15.8. The van der Waals surface area contributed by atoms with Crippen LogP contribution in [0.3, 0.4) is 0 Å². The number of hydrogen-bond donors (Lipinski definition) is 4. The van der Waals surface area contributed by atoms with Crippen molar-refractivity contribution in [1.82, 2.24) is 39.5 Å². The van der Waals surface area contributed by atoms with Gasteiger partial charge in [-0.05, 0) is 237 Å². The number of amides is 4. The number of carbonyl (C=O) groups excluding carboxylic acids is 4. The number of H-pyrrole nitrogens is 4. The van der Waals surface area contributed by atoms with E-state index in [9.17, 15) is 19.2 Å². The Balaban J connectivity index is 0.000000123. The molecule has 0 fully saturated rings.